The van der Waals surface area contributed by atoms with Crippen molar-refractivity contribution in [2.45, 2.75) is 20.2 Å². The summed E-state index contributed by atoms with van der Waals surface area (Å²) < 4.78 is 42.5. The lowest BCUT2D eigenvalue weighted by Gasteiger charge is -2.07. The lowest BCUT2D eigenvalue weighted by Crippen LogP contribution is -2.16. The SMILES string of the molecule is C=C/C=N\c1cn(-c2ccc(-c3nc4ccc(OC(F)(F)F)cc4[nH]3)cc2)c(=O)[nH]1.CC. The van der Waals surface area contributed by atoms with Crippen LogP contribution in [0.3, 0.4) is 0 Å². The summed E-state index contributed by atoms with van der Waals surface area (Å²) in [5.41, 5.74) is 1.86. The van der Waals surface area contributed by atoms with Crippen molar-refractivity contribution >= 4 is 23.1 Å². The van der Waals surface area contributed by atoms with Crippen molar-refractivity contribution < 1.29 is 17.9 Å². The Kier molecular flexibility index (Phi) is 6.62. The first kappa shape index (κ1) is 22.6. The fourth-order valence-electron chi connectivity index (χ4n) is 2.88. The molecule has 0 aliphatic carbocycles. The minimum atomic E-state index is -4.76. The third-order valence-corrected chi connectivity index (χ3v) is 4.13. The van der Waals surface area contributed by atoms with Crippen molar-refractivity contribution in [1.29, 1.82) is 0 Å². The Morgan fingerprint density at radius 3 is 2.50 bits per heavy atom. The van der Waals surface area contributed by atoms with E-state index in [2.05, 4.69) is 31.3 Å². The highest BCUT2D eigenvalue weighted by atomic mass is 19.4. The molecular formula is C22H20F3N5O2. The molecule has 0 radical (unpaired) electrons. The summed E-state index contributed by atoms with van der Waals surface area (Å²) in [6.45, 7) is 7.52. The zero-order chi connectivity index (χ0) is 23.3. The van der Waals surface area contributed by atoms with Crippen LogP contribution in [0.25, 0.3) is 28.1 Å². The summed E-state index contributed by atoms with van der Waals surface area (Å²) >= 11 is 0. The van der Waals surface area contributed by atoms with Gasteiger partial charge in [-0.2, -0.15) is 0 Å². The van der Waals surface area contributed by atoms with E-state index in [1.807, 2.05) is 13.8 Å². The van der Waals surface area contributed by atoms with E-state index in [1.54, 1.807) is 30.5 Å². The number of halogens is 3. The number of rotatable bonds is 5. The molecule has 0 spiro atoms. The molecule has 0 saturated carbocycles. The highest BCUT2D eigenvalue weighted by Crippen LogP contribution is 2.28. The van der Waals surface area contributed by atoms with Gasteiger partial charge in [-0.05, 0) is 36.4 Å². The predicted octanol–water partition coefficient (Wildman–Crippen LogP) is 5.52. The zero-order valence-electron chi connectivity index (χ0n) is 17.3. The molecule has 10 heteroatoms. The van der Waals surface area contributed by atoms with Crippen molar-refractivity contribution in [3.05, 3.63) is 71.8 Å². The van der Waals surface area contributed by atoms with Gasteiger partial charge in [0.25, 0.3) is 0 Å². The predicted molar refractivity (Wildman–Crippen MR) is 118 cm³/mol. The van der Waals surface area contributed by atoms with Gasteiger partial charge in [-0.15, -0.1) is 13.2 Å². The van der Waals surface area contributed by atoms with Gasteiger partial charge in [0.1, 0.15) is 11.6 Å². The van der Waals surface area contributed by atoms with E-state index in [9.17, 15) is 18.0 Å². The monoisotopic (exact) mass is 443 g/mol. The summed E-state index contributed by atoms with van der Waals surface area (Å²) in [6, 6.07) is 10.8. The van der Waals surface area contributed by atoms with Gasteiger partial charge in [0, 0.05) is 17.8 Å². The molecule has 0 bridgehead atoms. The van der Waals surface area contributed by atoms with Crippen LogP contribution in [0.1, 0.15) is 13.8 Å². The Morgan fingerprint density at radius 1 is 1.12 bits per heavy atom. The number of alkyl halides is 3. The highest BCUT2D eigenvalue weighted by molar-refractivity contribution is 5.80. The van der Waals surface area contributed by atoms with Gasteiger partial charge in [0.05, 0.1) is 22.9 Å². The molecule has 4 rings (SSSR count). The number of imidazole rings is 2. The third kappa shape index (κ3) is 5.15. The number of allylic oxidation sites excluding steroid dienone is 1. The molecule has 32 heavy (non-hydrogen) atoms. The molecule has 2 N–H and O–H groups in total. The Balaban J connectivity index is 0.00000141. The molecule has 7 nitrogen and oxygen atoms in total. The van der Waals surface area contributed by atoms with E-state index in [0.717, 1.165) is 0 Å². The quantitative estimate of drug-likeness (QED) is 0.398. The second kappa shape index (κ2) is 9.38. The van der Waals surface area contributed by atoms with E-state index >= 15 is 0 Å². The van der Waals surface area contributed by atoms with Crippen molar-refractivity contribution in [3.63, 3.8) is 0 Å². The number of hydrogen-bond acceptors (Lipinski definition) is 4. The van der Waals surface area contributed by atoms with Crippen LogP contribution in [0.2, 0.25) is 0 Å². The Bertz CT molecular complexity index is 1300. The van der Waals surface area contributed by atoms with Crippen LogP contribution in [0.4, 0.5) is 19.0 Å². The molecule has 0 atom stereocenters. The minimum absolute atomic E-state index is 0.331. The molecule has 2 aromatic heterocycles. The highest BCUT2D eigenvalue weighted by Gasteiger charge is 2.31. The Hall–Kier alpha value is -4.08. The van der Waals surface area contributed by atoms with Gasteiger partial charge in [-0.1, -0.05) is 26.5 Å². The summed E-state index contributed by atoms with van der Waals surface area (Å²) in [5, 5.41) is 0. The van der Waals surface area contributed by atoms with Crippen molar-refractivity contribution in [2.24, 2.45) is 4.99 Å². The normalized spacial score (nSPS) is 11.4. The van der Waals surface area contributed by atoms with E-state index in [1.165, 1.54) is 35.1 Å². The third-order valence-electron chi connectivity index (χ3n) is 4.13. The van der Waals surface area contributed by atoms with E-state index in [0.29, 0.717) is 33.9 Å². The smallest absolute Gasteiger partial charge is 0.406 e. The summed E-state index contributed by atoms with van der Waals surface area (Å²) in [4.78, 5) is 26.1. The largest absolute Gasteiger partial charge is 0.573 e. The molecule has 4 aromatic rings. The number of fused-ring (bicyclic) bond motifs is 1. The van der Waals surface area contributed by atoms with Crippen LogP contribution < -0.4 is 10.4 Å². The number of H-pyrrole nitrogens is 2. The molecule has 0 saturated heterocycles. The Morgan fingerprint density at radius 2 is 1.84 bits per heavy atom. The number of ether oxygens (including phenoxy) is 1. The first-order chi connectivity index (χ1) is 15.3. The van der Waals surface area contributed by atoms with Crippen LogP contribution >= 0.6 is 0 Å². The first-order valence-corrected chi connectivity index (χ1v) is 9.65. The second-order valence-corrected chi connectivity index (χ2v) is 6.19. The molecule has 2 heterocycles. The zero-order valence-corrected chi connectivity index (χ0v) is 17.3. The molecule has 166 valence electrons. The van der Waals surface area contributed by atoms with Crippen molar-refractivity contribution in [2.75, 3.05) is 0 Å². The lowest BCUT2D eigenvalue weighted by atomic mass is 10.2. The molecule has 0 unspecified atom stereocenters. The number of aromatic nitrogens is 4. The average molecular weight is 443 g/mol. The number of benzene rings is 2. The minimum Gasteiger partial charge on any atom is -0.406 e. The van der Waals surface area contributed by atoms with Crippen LogP contribution in [-0.4, -0.2) is 32.1 Å². The van der Waals surface area contributed by atoms with Gasteiger partial charge in [-0.3, -0.25) is 9.55 Å². The summed E-state index contributed by atoms with van der Waals surface area (Å²) in [6.07, 6.45) is -0.248. The second-order valence-electron chi connectivity index (χ2n) is 6.19. The lowest BCUT2D eigenvalue weighted by molar-refractivity contribution is -0.274. The number of hydrogen-bond donors (Lipinski definition) is 2. The molecule has 0 aliphatic rings. The van der Waals surface area contributed by atoms with Gasteiger partial charge >= 0.3 is 12.1 Å². The fourth-order valence-corrected chi connectivity index (χ4v) is 2.88. The maximum Gasteiger partial charge on any atom is 0.573 e. The van der Waals surface area contributed by atoms with Crippen molar-refractivity contribution in [3.8, 4) is 22.8 Å². The van der Waals surface area contributed by atoms with Gasteiger partial charge < -0.3 is 9.72 Å². The molecule has 0 amide bonds. The van der Waals surface area contributed by atoms with Crippen LogP contribution in [0, 0.1) is 0 Å². The fraction of sp³-hybridized carbons (Fsp3) is 0.136. The number of nitrogens with one attached hydrogen (secondary N) is 2. The number of nitrogens with zero attached hydrogens (tertiary/aromatic N) is 3. The van der Waals surface area contributed by atoms with Crippen molar-refractivity contribution in [1.82, 2.24) is 19.5 Å². The van der Waals surface area contributed by atoms with E-state index in [-0.39, 0.29) is 11.4 Å². The molecular weight excluding hydrogens is 423 g/mol. The van der Waals surface area contributed by atoms with Gasteiger partial charge in [-0.25, -0.2) is 14.8 Å². The molecule has 2 aromatic carbocycles. The topological polar surface area (TPSA) is 88.1 Å². The maximum atomic E-state index is 12.4. The maximum absolute atomic E-state index is 12.4. The standard InChI is InChI=1S/C20H14F3N5O2.C2H6/c1-2-9-24-17-11-28(19(29)27-17)13-5-3-12(4-6-13)18-25-15-8-7-14(10-16(15)26-18)30-20(21,22)23;1-2/h2-11H,1H2,(H,25,26)(H,27,29);1-2H3/b24-9-;. The number of aromatic amines is 2. The molecule has 0 aliphatic heterocycles. The van der Waals surface area contributed by atoms with Crippen LogP contribution in [0.15, 0.2) is 71.1 Å². The average Bonchev–Trinajstić information content (AvgIpc) is 3.35. The van der Waals surface area contributed by atoms with Crippen LogP contribution in [-0.2, 0) is 0 Å². The van der Waals surface area contributed by atoms with E-state index in [4.69, 9.17) is 0 Å². The Labute approximate surface area is 180 Å². The van der Waals surface area contributed by atoms with Gasteiger partial charge in [0.2, 0.25) is 0 Å². The first-order valence-electron chi connectivity index (χ1n) is 9.65. The molecule has 0 fully saturated rings. The van der Waals surface area contributed by atoms with E-state index < -0.39 is 6.36 Å². The van der Waals surface area contributed by atoms with Gasteiger partial charge in [0.15, 0.2) is 5.82 Å². The summed E-state index contributed by atoms with van der Waals surface area (Å²) in [5.74, 6) is 0.527. The number of aliphatic imine (C=N–C) groups is 1. The summed E-state index contributed by atoms with van der Waals surface area (Å²) in [7, 11) is 0. The van der Waals surface area contributed by atoms with Crippen LogP contribution in [0.5, 0.6) is 5.75 Å².